The molecule has 0 bridgehead atoms. The van der Waals surface area contributed by atoms with Crippen LogP contribution in [-0.2, 0) is 24.2 Å². The Labute approximate surface area is 206 Å². The Hall–Kier alpha value is -2.51. The van der Waals surface area contributed by atoms with Gasteiger partial charge in [0, 0.05) is 61.7 Å². The minimum absolute atomic E-state index is 0.250. The van der Waals surface area contributed by atoms with Crippen molar-refractivity contribution in [2.75, 3.05) is 37.3 Å². The topological polar surface area (TPSA) is 61.6 Å². The van der Waals surface area contributed by atoms with Gasteiger partial charge in [-0.15, -0.1) is 0 Å². The summed E-state index contributed by atoms with van der Waals surface area (Å²) in [5.41, 5.74) is 6.71. The van der Waals surface area contributed by atoms with E-state index in [1.165, 1.54) is 65.4 Å². The van der Waals surface area contributed by atoms with Gasteiger partial charge in [-0.1, -0.05) is 30.3 Å². The summed E-state index contributed by atoms with van der Waals surface area (Å²) in [5.74, 6) is 2.57. The molecule has 1 N–H and O–H groups in total. The van der Waals surface area contributed by atoms with Gasteiger partial charge in [0.05, 0.1) is 11.0 Å². The predicted molar refractivity (Wildman–Crippen MR) is 140 cm³/mol. The zero-order valence-electron chi connectivity index (χ0n) is 20.1. The molecule has 34 heavy (non-hydrogen) atoms. The molecule has 3 aliphatic rings. The molecule has 3 aliphatic heterocycles. The Morgan fingerprint density at radius 1 is 1.18 bits per heavy atom. The largest absolute Gasteiger partial charge is 0.483 e. The number of carbonyl (C=O) groups is 1. The zero-order valence-corrected chi connectivity index (χ0v) is 20.9. The van der Waals surface area contributed by atoms with E-state index in [0.717, 1.165) is 25.9 Å². The van der Waals surface area contributed by atoms with E-state index < -0.39 is 0 Å². The normalized spacial score (nSPS) is 20.8. The van der Waals surface area contributed by atoms with Crippen LogP contribution in [0.1, 0.15) is 36.7 Å². The third kappa shape index (κ3) is 4.31. The first-order valence-corrected chi connectivity index (χ1v) is 13.2. The standard InChI is InChI=1S/C26H32N4S.CH2O2/c1-19-8-9-21-22(28(19)2)10-11-23-25(21)27-24(16-20-6-4-3-5-7-20)30(23)14-13-29-17-26(18-29)12-15-31-26;2-1-3/h3-7,10-11,19H,8-9,12-18H2,1-2H3;1H,(H,2,3). The molecule has 6 nitrogen and oxygen atoms in total. The van der Waals surface area contributed by atoms with Crippen LogP contribution in [-0.4, -0.2) is 69.3 Å². The van der Waals surface area contributed by atoms with Gasteiger partial charge in [0.2, 0.25) is 0 Å². The Morgan fingerprint density at radius 2 is 1.91 bits per heavy atom. The fourth-order valence-electron chi connectivity index (χ4n) is 5.62. The molecule has 2 aromatic carbocycles. The number of hydrogen-bond donors (Lipinski definition) is 1. The van der Waals surface area contributed by atoms with E-state index in [1.54, 1.807) is 0 Å². The van der Waals surface area contributed by atoms with Gasteiger partial charge in [0.1, 0.15) is 5.82 Å². The first-order chi connectivity index (χ1) is 16.5. The van der Waals surface area contributed by atoms with Crippen LogP contribution in [0.3, 0.4) is 0 Å². The highest BCUT2D eigenvalue weighted by Crippen LogP contribution is 2.47. The highest BCUT2D eigenvalue weighted by molar-refractivity contribution is 8.02. The maximum atomic E-state index is 8.36. The summed E-state index contributed by atoms with van der Waals surface area (Å²) >= 11 is 2.18. The molecule has 0 aliphatic carbocycles. The summed E-state index contributed by atoms with van der Waals surface area (Å²) in [7, 11) is 2.23. The quantitative estimate of drug-likeness (QED) is 0.552. The van der Waals surface area contributed by atoms with Gasteiger partial charge in [-0.3, -0.25) is 9.69 Å². The van der Waals surface area contributed by atoms with Crippen LogP contribution < -0.4 is 4.90 Å². The minimum atomic E-state index is -0.250. The molecule has 2 saturated heterocycles. The molecule has 3 aromatic rings. The summed E-state index contributed by atoms with van der Waals surface area (Å²) in [6.07, 6.45) is 4.65. The van der Waals surface area contributed by atoms with Crippen molar-refractivity contribution in [1.29, 1.82) is 0 Å². The van der Waals surface area contributed by atoms with Crippen LogP contribution >= 0.6 is 11.8 Å². The Morgan fingerprint density at radius 3 is 2.59 bits per heavy atom. The number of aromatic nitrogens is 2. The molecule has 0 radical (unpaired) electrons. The summed E-state index contributed by atoms with van der Waals surface area (Å²) in [4.78, 5) is 18.7. The van der Waals surface area contributed by atoms with Gasteiger partial charge in [-0.2, -0.15) is 11.8 Å². The zero-order chi connectivity index (χ0) is 23.7. The Balaban J connectivity index is 0.000000764. The van der Waals surface area contributed by atoms with Crippen LogP contribution in [0.4, 0.5) is 5.69 Å². The molecular formula is C27H34N4O2S. The van der Waals surface area contributed by atoms with Crippen molar-refractivity contribution in [3.8, 4) is 0 Å². The molecule has 1 spiro atoms. The van der Waals surface area contributed by atoms with E-state index >= 15 is 0 Å². The fraction of sp³-hybridized carbons (Fsp3) is 0.481. The third-order valence-corrected chi connectivity index (χ3v) is 9.25. The SMILES string of the molecule is CC1CCc2c(ccc3c2nc(Cc2ccccc2)n3CCN2CC3(CCS3)C2)N1C.O=CO. The van der Waals surface area contributed by atoms with Crippen molar-refractivity contribution in [3.63, 3.8) is 0 Å². The highest BCUT2D eigenvalue weighted by Gasteiger charge is 2.47. The van der Waals surface area contributed by atoms with Crippen LogP contribution in [0, 0.1) is 0 Å². The monoisotopic (exact) mass is 478 g/mol. The number of imidazole rings is 1. The molecule has 1 unspecified atom stereocenters. The summed E-state index contributed by atoms with van der Waals surface area (Å²) in [5, 5.41) is 6.89. The molecule has 0 amide bonds. The van der Waals surface area contributed by atoms with E-state index in [9.17, 15) is 0 Å². The van der Waals surface area contributed by atoms with Gasteiger partial charge >= 0.3 is 0 Å². The first-order valence-electron chi connectivity index (χ1n) is 12.3. The van der Waals surface area contributed by atoms with Crippen LogP contribution in [0.5, 0.6) is 0 Å². The summed E-state index contributed by atoms with van der Waals surface area (Å²) < 4.78 is 3.13. The molecule has 1 atom stereocenters. The van der Waals surface area contributed by atoms with E-state index in [0.29, 0.717) is 10.8 Å². The van der Waals surface area contributed by atoms with Crippen molar-refractivity contribution >= 4 is 35.0 Å². The Bertz CT molecular complexity index is 1150. The number of hydrogen-bond acceptors (Lipinski definition) is 5. The first kappa shape index (κ1) is 23.2. The van der Waals surface area contributed by atoms with E-state index in [-0.39, 0.29) is 6.47 Å². The maximum absolute atomic E-state index is 8.36. The summed E-state index contributed by atoms with van der Waals surface area (Å²) in [6, 6.07) is 16.1. The number of anilines is 1. The smallest absolute Gasteiger partial charge is 0.290 e. The number of rotatable bonds is 5. The second kappa shape index (κ2) is 9.62. The number of nitrogens with zero attached hydrogens (tertiary/aromatic N) is 4. The summed E-state index contributed by atoms with van der Waals surface area (Å²) in [6.45, 7) is 6.79. The minimum Gasteiger partial charge on any atom is -0.483 e. The Kier molecular flexibility index (Phi) is 6.58. The number of thioether (sulfide) groups is 1. The van der Waals surface area contributed by atoms with E-state index in [1.807, 2.05) is 0 Å². The van der Waals surface area contributed by atoms with Crippen molar-refractivity contribution in [1.82, 2.24) is 14.5 Å². The van der Waals surface area contributed by atoms with Crippen molar-refractivity contribution in [2.45, 2.75) is 49.9 Å². The van der Waals surface area contributed by atoms with Crippen molar-refractivity contribution < 1.29 is 9.90 Å². The average Bonchev–Trinajstić information content (AvgIpc) is 3.13. The van der Waals surface area contributed by atoms with Crippen LogP contribution in [0.2, 0.25) is 0 Å². The molecule has 1 aromatic heterocycles. The average molecular weight is 479 g/mol. The maximum Gasteiger partial charge on any atom is 0.290 e. The lowest BCUT2D eigenvalue weighted by molar-refractivity contribution is -0.122. The molecule has 4 heterocycles. The number of benzene rings is 2. The highest BCUT2D eigenvalue weighted by atomic mass is 32.2. The van der Waals surface area contributed by atoms with Crippen LogP contribution in [0.15, 0.2) is 42.5 Å². The third-order valence-electron chi connectivity index (χ3n) is 7.77. The predicted octanol–water partition coefficient (Wildman–Crippen LogP) is 4.29. The lowest BCUT2D eigenvalue weighted by Crippen LogP contribution is -2.63. The number of fused-ring (bicyclic) bond motifs is 3. The lowest BCUT2D eigenvalue weighted by Gasteiger charge is -2.55. The van der Waals surface area contributed by atoms with E-state index in [4.69, 9.17) is 14.9 Å². The van der Waals surface area contributed by atoms with Crippen LogP contribution in [0.25, 0.3) is 11.0 Å². The van der Waals surface area contributed by atoms with Gasteiger partial charge in [0.25, 0.3) is 6.47 Å². The molecular weight excluding hydrogens is 444 g/mol. The second-order valence-corrected chi connectivity index (χ2v) is 11.4. The van der Waals surface area contributed by atoms with Crippen molar-refractivity contribution in [3.05, 3.63) is 59.4 Å². The molecule has 7 heteroatoms. The number of carboxylic acid groups (broad SMARTS) is 1. The lowest BCUT2D eigenvalue weighted by atomic mass is 9.95. The van der Waals surface area contributed by atoms with E-state index in [2.05, 4.69) is 82.6 Å². The van der Waals surface area contributed by atoms with Gasteiger partial charge < -0.3 is 14.6 Å². The molecule has 180 valence electrons. The van der Waals surface area contributed by atoms with Gasteiger partial charge in [-0.05, 0) is 49.6 Å². The van der Waals surface area contributed by atoms with Crippen molar-refractivity contribution in [2.24, 2.45) is 0 Å². The fourth-order valence-corrected chi connectivity index (χ4v) is 6.95. The van der Waals surface area contributed by atoms with Gasteiger partial charge in [0.15, 0.2) is 0 Å². The second-order valence-electron chi connectivity index (χ2n) is 9.87. The molecule has 6 rings (SSSR count). The number of likely N-dealkylation sites (tertiary alicyclic amines) is 1. The number of aryl methyl sites for hydroxylation is 1. The van der Waals surface area contributed by atoms with Gasteiger partial charge in [-0.25, -0.2) is 4.98 Å². The molecule has 0 saturated carbocycles. The molecule has 2 fully saturated rings.